The van der Waals surface area contributed by atoms with E-state index in [1.165, 1.54) is 24.8 Å². The maximum Gasteiger partial charge on any atom is 0.359 e. The molecule has 0 radical (unpaired) electrons. The van der Waals surface area contributed by atoms with E-state index in [0.29, 0.717) is 5.75 Å². The molecule has 9 nitrogen and oxygen atoms in total. The molecule has 1 atom stereocenters. The normalized spacial score (nSPS) is 20.8. The van der Waals surface area contributed by atoms with E-state index in [4.69, 9.17) is 9.47 Å². The van der Waals surface area contributed by atoms with Crippen molar-refractivity contribution in [3.8, 4) is 5.75 Å². The van der Waals surface area contributed by atoms with Crippen molar-refractivity contribution >= 4 is 17.8 Å². The monoisotopic (exact) mass is 454 g/mol. The summed E-state index contributed by atoms with van der Waals surface area (Å²) in [5.74, 6) is -0.674. The molecule has 9 heteroatoms. The van der Waals surface area contributed by atoms with Crippen molar-refractivity contribution < 1.29 is 23.9 Å². The first-order valence-corrected chi connectivity index (χ1v) is 11.3. The third-order valence-electron chi connectivity index (χ3n) is 6.64. The summed E-state index contributed by atoms with van der Waals surface area (Å²) in [5.41, 5.74) is -0.272. The van der Waals surface area contributed by atoms with Gasteiger partial charge in [0.25, 0.3) is 5.91 Å². The summed E-state index contributed by atoms with van der Waals surface area (Å²) >= 11 is 0. The van der Waals surface area contributed by atoms with Gasteiger partial charge in [0.2, 0.25) is 5.91 Å². The van der Waals surface area contributed by atoms with Crippen LogP contribution in [0.25, 0.3) is 0 Å². The Hall–Kier alpha value is -3.36. The smallest absolute Gasteiger partial charge is 0.359 e. The van der Waals surface area contributed by atoms with Crippen LogP contribution >= 0.6 is 0 Å². The van der Waals surface area contributed by atoms with Crippen LogP contribution < -0.4 is 10.1 Å². The Bertz CT molecular complexity index is 1060. The van der Waals surface area contributed by atoms with E-state index in [1.807, 2.05) is 24.3 Å². The molecule has 2 heterocycles. The number of aromatic nitrogens is 2. The van der Waals surface area contributed by atoms with Gasteiger partial charge in [0.15, 0.2) is 5.69 Å². The predicted molar refractivity (Wildman–Crippen MR) is 120 cm³/mol. The molecule has 1 aliphatic carbocycles. The summed E-state index contributed by atoms with van der Waals surface area (Å²) in [7, 11) is 2.82. The molecule has 0 saturated heterocycles. The van der Waals surface area contributed by atoms with Crippen LogP contribution in [0, 0.1) is 0 Å². The lowest BCUT2D eigenvalue weighted by atomic mass is 9.91. The molecule has 4 rings (SSSR count). The highest BCUT2D eigenvalue weighted by atomic mass is 16.5. The molecule has 0 spiro atoms. The van der Waals surface area contributed by atoms with Crippen molar-refractivity contribution in [2.45, 2.75) is 63.7 Å². The lowest BCUT2D eigenvalue weighted by molar-refractivity contribution is -0.134. The Morgan fingerprint density at radius 1 is 1.21 bits per heavy atom. The Morgan fingerprint density at radius 3 is 2.67 bits per heavy atom. The van der Waals surface area contributed by atoms with Crippen LogP contribution in [-0.4, -0.2) is 58.0 Å². The van der Waals surface area contributed by atoms with Gasteiger partial charge in [-0.15, -0.1) is 0 Å². The minimum Gasteiger partial charge on any atom is -0.497 e. The molecule has 33 heavy (non-hydrogen) atoms. The Labute approximate surface area is 193 Å². The second-order valence-corrected chi connectivity index (χ2v) is 8.89. The van der Waals surface area contributed by atoms with Crippen LogP contribution in [0.15, 0.2) is 30.6 Å². The number of carbonyl (C=O) groups excluding carboxylic acids is 3. The highest BCUT2D eigenvalue weighted by Crippen LogP contribution is 2.32. The molecular weight excluding hydrogens is 424 g/mol. The van der Waals surface area contributed by atoms with Crippen LogP contribution in [0.3, 0.4) is 0 Å². The second kappa shape index (κ2) is 9.25. The topological polar surface area (TPSA) is 103 Å². The molecule has 2 aliphatic rings. The van der Waals surface area contributed by atoms with E-state index in [1.54, 1.807) is 18.6 Å². The number of methoxy groups -OCH3 is 2. The molecular formula is C24H30N4O5. The van der Waals surface area contributed by atoms with Gasteiger partial charge in [0, 0.05) is 12.6 Å². The summed E-state index contributed by atoms with van der Waals surface area (Å²) in [6, 6.07) is 7.47. The maximum absolute atomic E-state index is 13.7. The fourth-order valence-electron chi connectivity index (χ4n) is 4.72. The largest absolute Gasteiger partial charge is 0.497 e. The molecule has 1 aliphatic heterocycles. The minimum absolute atomic E-state index is 0.0483. The Kier molecular flexibility index (Phi) is 6.40. The van der Waals surface area contributed by atoms with Gasteiger partial charge in [-0.3, -0.25) is 9.59 Å². The maximum atomic E-state index is 13.7. The predicted octanol–water partition coefficient (Wildman–Crippen LogP) is 2.54. The van der Waals surface area contributed by atoms with Gasteiger partial charge in [0.1, 0.15) is 17.0 Å². The molecule has 1 N–H and O–H groups in total. The van der Waals surface area contributed by atoms with E-state index >= 15 is 0 Å². The highest BCUT2D eigenvalue weighted by molar-refractivity contribution is 6.06. The molecule has 176 valence electrons. The zero-order valence-corrected chi connectivity index (χ0v) is 19.3. The molecule has 2 amide bonds. The fourth-order valence-corrected chi connectivity index (χ4v) is 4.72. The number of nitrogens with one attached hydrogen (secondary N) is 1. The average molecular weight is 455 g/mol. The van der Waals surface area contributed by atoms with E-state index in [0.717, 1.165) is 31.2 Å². The highest BCUT2D eigenvalue weighted by Gasteiger charge is 2.49. The first-order valence-electron chi connectivity index (χ1n) is 11.3. The van der Waals surface area contributed by atoms with Gasteiger partial charge in [-0.25, -0.2) is 9.78 Å². The van der Waals surface area contributed by atoms with Crippen molar-refractivity contribution in [2.75, 3.05) is 14.2 Å². The molecule has 1 unspecified atom stereocenters. The number of hydrogen-bond donors (Lipinski definition) is 1. The van der Waals surface area contributed by atoms with Crippen LogP contribution in [-0.2, 0) is 22.6 Å². The van der Waals surface area contributed by atoms with Crippen molar-refractivity contribution in [1.29, 1.82) is 0 Å². The average Bonchev–Trinajstić information content (AvgIpc) is 3.25. The molecule has 1 aromatic heterocycles. The van der Waals surface area contributed by atoms with Crippen molar-refractivity contribution in [1.82, 2.24) is 19.8 Å². The number of nitrogens with zero attached hydrogens (tertiary/aromatic N) is 3. The number of amides is 2. The van der Waals surface area contributed by atoms with Gasteiger partial charge >= 0.3 is 5.97 Å². The van der Waals surface area contributed by atoms with Crippen molar-refractivity contribution in [3.63, 3.8) is 0 Å². The number of imidazole rings is 1. The van der Waals surface area contributed by atoms with Gasteiger partial charge in [-0.1, -0.05) is 31.4 Å². The number of rotatable bonds is 6. The summed E-state index contributed by atoms with van der Waals surface area (Å²) in [5, 5.41) is 3.18. The lowest BCUT2D eigenvalue weighted by Gasteiger charge is -2.44. The first-order chi connectivity index (χ1) is 15.9. The number of carbonyl (C=O) groups is 3. The lowest BCUT2D eigenvalue weighted by Crippen LogP contribution is -2.64. The van der Waals surface area contributed by atoms with E-state index in [-0.39, 0.29) is 36.4 Å². The fraction of sp³-hybridized carbons (Fsp3) is 0.500. The standard InChI is InChI=1S/C24H30N4O5/c1-24(23(31)26-17-9-5-4-6-10-17)14-27-15-25-19(22(30)33-3)20(27)21(29)28(24)13-16-8-7-11-18(12-16)32-2/h7-8,11-12,15,17H,4-6,9-10,13-14H2,1-3H3,(H,26,31). The van der Waals surface area contributed by atoms with Crippen LogP contribution in [0.4, 0.5) is 0 Å². The molecule has 1 saturated carbocycles. The van der Waals surface area contributed by atoms with Gasteiger partial charge in [-0.2, -0.15) is 0 Å². The quantitative estimate of drug-likeness (QED) is 0.673. The third kappa shape index (κ3) is 4.31. The second-order valence-electron chi connectivity index (χ2n) is 8.89. The number of ether oxygens (including phenoxy) is 2. The molecule has 1 fully saturated rings. The summed E-state index contributed by atoms with van der Waals surface area (Å²) in [6.07, 6.45) is 6.65. The number of fused-ring (bicyclic) bond motifs is 1. The summed E-state index contributed by atoms with van der Waals surface area (Å²) in [6.45, 7) is 2.13. The van der Waals surface area contributed by atoms with E-state index in [9.17, 15) is 14.4 Å². The van der Waals surface area contributed by atoms with Crippen LogP contribution in [0.5, 0.6) is 5.75 Å². The minimum atomic E-state index is -1.17. The Balaban J connectivity index is 1.71. The van der Waals surface area contributed by atoms with Crippen LogP contribution in [0.2, 0.25) is 0 Å². The first kappa shape index (κ1) is 22.8. The van der Waals surface area contributed by atoms with Gasteiger partial charge < -0.3 is 24.3 Å². The molecule has 0 bridgehead atoms. The van der Waals surface area contributed by atoms with Crippen molar-refractivity contribution in [3.05, 3.63) is 47.5 Å². The van der Waals surface area contributed by atoms with Crippen LogP contribution in [0.1, 0.15) is 65.6 Å². The zero-order chi connectivity index (χ0) is 23.6. The van der Waals surface area contributed by atoms with Gasteiger partial charge in [-0.05, 0) is 37.5 Å². The molecule has 1 aromatic carbocycles. The van der Waals surface area contributed by atoms with Crippen molar-refractivity contribution in [2.24, 2.45) is 0 Å². The third-order valence-corrected chi connectivity index (χ3v) is 6.64. The van der Waals surface area contributed by atoms with E-state index < -0.39 is 17.4 Å². The van der Waals surface area contributed by atoms with E-state index in [2.05, 4.69) is 10.3 Å². The molecule has 2 aromatic rings. The summed E-state index contributed by atoms with van der Waals surface area (Å²) in [4.78, 5) is 45.2. The van der Waals surface area contributed by atoms with Gasteiger partial charge in [0.05, 0.1) is 27.1 Å². The summed E-state index contributed by atoms with van der Waals surface area (Å²) < 4.78 is 11.7. The number of esters is 1. The number of hydrogen-bond acceptors (Lipinski definition) is 6. The zero-order valence-electron chi connectivity index (χ0n) is 19.3. The number of benzene rings is 1. The Morgan fingerprint density at radius 2 is 1.97 bits per heavy atom. The SMILES string of the molecule is COC(=O)c1ncn2c1C(=O)N(Cc1cccc(OC)c1)C(C)(C(=O)NC1CCCCC1)C2.